The summed E-state index contributed by atoms with van der Waals surface area (Å²) in [6.07, 6.45) is 1.65. The number of hydrogen-bond acceptors (Lipinski definition) is 5. The predicted molar refractivity (Wildman–Crippen MR) is 96.9 cm³/mol. The third kappa shape index (κ3) is 2.75. The molecule has 4 unspecified atom stereocenters. The highest BCUT2D eigenvalue weighted by Gasteiger charge is 2.49. The van der Waals surface area contributed by atoms with Gasteiger partial charge in [0.05, 0.1) is 13.3 Å². The lowest BCUT2D eigenvalue weighted by Crippen LogP contribution is -2.52. The third-order valence-electron chi connectivity index (χ3n) is 5.83. The van der Waals surface area contributed by atoms with Crippen LogP contribution in [0.3, 0.4) is 0 Å². The Balaban J connectivity index is 1.85. The highest BCUT2D eigenvalue weighted by molar-refractivity contribution is 5.99. The molecule has 5 nitrogen and oxygen atoms in total. The number of carbonyl (C=O) groups is 1. The SMILES string of the molecule is COc1cccc(C2C3=C(CC(C)(C)CC3=O)NC3NNC(C)C32)c1. The molecule has 0 saturated carbocycles. The number of hydrazine groups is 1. The lowest BCUT2D eigenvalue weighted by Gasteiger charge is -2.44. The molecule has 1 aliphatic carbocycles. The van der Waals surface area contributed by atoms with Gasteiger partial charge >= 0.3 is 0 Å². The molecule has 1 fully saturated rings. The zero-order valence-electron chi connectivity index (χ0n) is 15.3. The van der Waals surface area contributed by atoms with Gasteiger partial charge in [0.25, 0.3) is 0 Å². The van der Waals surface area contributed by atoms with Crippen LogP contribution in [0, 0.1) is 11.3 Å². The summed E-state index contributed by atoms with van der Waals surface area (Å²) >= 11 is 0. The molecule has 4 atom stereocenters. The topological polar surface area (TPSA) is 62.4 Å². The highest BCUT2D eigenvalue weighted by atomic mass is 16.5. The zero-order chi connectivity index (χ0) is 17.8. The van der Waals surface area contributed by atoms with Crippen LogP contribution in [0.5, 0.6) is 5.75 Å². The summed E-state index contributed by atoms with van der Waals surface area (Å²) in [5.74, 6) is 1.47. The van der Waals surface area contributed by atoms with Crippen molar-refractivity contribution in [1.29, 1.82) is 0 Å². The van der Waals surface area contributed by atoms with Crippen LogP contribution in [-0.2, 0) is 4.79 Å². The number of carbonyl (C=O) groups excluding carboxylic acids is 1. The average molecular weight is 341 g/mol. The number of hydrogen-bond donors (Lipinski definition) is 3. The molecule has 5 heteroatoms. The predicted octanol–water partition coefficient (Wildman–Crippen LogP) is 2.46. The number of allylic oxidation sites excluding steroid dienone is 2. The Morgan fingerprint density at radius 1 is 1.20 bits per heavy atom. The van der Waals surface area contributed by atoms with Gasteiger partial charge in [-0.3, -0.25) is 10.2 Å². The molecule has 0 amide bonds. The number of rotatable bonds is 2. The first-order chi connectivity index (χ1) is 11.9. The summed E-state index contributed by atoms with van der Waals surface area (Å²) in [4.78, 5) is 13.1. The van der Waals surface area contributed by atoms with E-state index >= 15 is 0 Å². The number of benzene rings is 1. The molecule has 0 aromatic heterocycles. The second-order valence-corrected chi connectivity index (χ2v) is 8.36. The van der Waals surface area contributed by atoms with Gasteiger partial charge in [-0.25, -0.2) is 5.43 Å². The maximum Gasteiger partial charge on any atom is 0.161 e. The second-order valence-electron chi connectivity index (χ2n) is 8.36. The number of methoxy groups -OCH3 is 1. The summed E-state index contributed by atoms with van der Waals surface area (Å²) in [6.45, 7) is 6.52. The van der Waals surface area contributed by atoms with Gasteiger partial charge in [-0.05, 0) is 36.5 Å². The Morgan fingerprint density at radius 2 is 2.00 bits per heavy atom. The van der Waals surface area contributed by atoms with Gasteiger partial charge in [-0.2, -0.15) is 0 Å². The van der Waals surface area contributed by atoms with Gasteiger partial charge in [-0.1, -0.05) is 26.0 Å². The molecule has 2 heterocycles. The summed E-state index contributed by atoms with van der Waals surface area (Å²) in [6, 6.07) is 8.44. The zero-order valence-corrected chi connectivity index (χ0v) is 15.3. The van der Waals surface area contributed by atoms with E-state index in [9.17, 15) is 4.79 Å². The largest absolute Gasteiger partial charge is 0.497 e. The van der Waals surface area contributed by atoms with Gasteiger partial charge in [0.2, 0.25) is 0 Å². The van der Waals surface area contributed by atoms with Crippen molar-refractivity contribution in [3.8, 4) is 5.75 Å². The van der Waals surface area contributed by atoms with Crippen molar-refractivity contribution in [3.05, 3.63) is 41.1 Å². The Hall–Kier alpha value is -1.85. The van der Waals surface area contributed by atoms with E-state index in [-0.39, 0.29) is 35.2 Å². The number of fused-ring (bicyclic) bond motifs is 1. The summed E-state index contributed by atoms with van der Waals surface area (Å²) in [5.41, 5.74) is 9.98. The number of ether oxygens (including phenoxy) is 1. The van der Waals surface area contributed by atoms with Crippen LogP contribution in [0.15, 0.2) is 35.5 Å². The third-order valence-corrected chi connectivity index (χ3v) is 5.83. The number of ketones is 1. The second kappa shape index (κ2) is 5.85. The maximum absolute atomic E-state index is 13.1. The van der Waals surface area contributed by atoms with Crippen LogP contribution in [0.2, 0.25) is 0 Å². The van der Waals surface area contributed by atoms with Crippen molar-refractivity contribution in [2.45, 2.75) is 51.7 Å². The smallest absolute Gasteiger partial charge is 0.161 e. The first kappa shape index (κ1) is 16.6. The first-order valence-corrected chi connectivity index (χ1v) is 9.07. The average Bonchev–Trinajstić information content (AvgIpc) is 2.92. The summed E-state index contributed by atoms with van der Waals surface area (Å²) < 4.78 is 5.43. The van der Waals surface area contributed by atoms with Crippen LogP contribution >= 0.6 is 0 Å². The Morgan fingerprint density at radius 3 is 2.76 bits per heavy atom. The molecule has 3 aliphatic rings. The van der Waals surface area contributed by atoms with E-state index in [4.69, 9.17) is 4.74 Å². The van der Waals surface area contributed by atoms with Gasteiger partial charge in [0.1, 0.15) is 5.75 Å². The monoisotopic (exact) mass is 341 g/mol. The number of Topliss-reactive ketones (excluding diaryl/α,β-unsaturated/α-hetero) is 1. The molecule has 0 radical (unpaired) electrons. The van der Waals surface area contributed by atoms with Crippen LogP contribution in [0.25, 0.3) is 0 Å². The minimum Gasteiger partial charge on any atom is -0.497 e. The molecule has 0 bridgehead atoms. The lowest BCUT2D eigenvalue weighted by molar-refractivity contribution is -0.118. The highest BCUT2D eigenvalue weighted by Crippen LogP contribution is 2.48. The Labute approximate surface area is 149 Å². The fourth-order valence-electron chi connectivity index (χ4n) is 4.74. The van der Waals surface area contributed by atoms with Gasteiger partial charge in [0.15, 0.2) is 5.78 Å². The van der Waals surface area contributed by atoms with Crippen molar-refractivity contribution in [2.75, 3.05) is 7.11 Å². The standard InChI is InChI=1S/C20H27N3O2/c1-11-16-17(12-6-5-7-13(8-12)25-4)18-14(21-19(16)23-22-11)9-20(2,3)10-15(18)24/h5-8,11,16-17,19,21-23H,9-10H2,1-4H3. The van der Waals surface area contributed by atoms with Crippen molar-refractivity contribution >= 4 is 5.78 Å². The summed E-state index contributed by atoms with van der Waals surface area (Å²) in [5, 5.41) is 3.62. The van der Waals surface area contributed by atoms with E-state index in [1.807, 2.05) is 12.1 Å². The van der Waals surface area contributed by atoms with Crippen LogP contribution in [-0.4, -0.2) is 25.1 Å². The summed E-state index contributed by atoms with van der Waals surface area (Å²) in [7, 11) is 1.69. The van der Waals surface area contributed by atoms with E-state index in [0.29, 0.717) is 6.42 Å². The van der Waals surface area contributed by atoms with E-state index < -0.39 is 0 Å². The number of nitrogens with one attached hydrogen (secondary N) is 3. The van der Waals surface area contributed by atoms with E-state index in [2.05, 4.69) is 49.1 Å². The van der Waals surface area contributed by atoms with E-state index in [1.165, 1.54) is 0 Å². The van der Waals surface area contributed by atoms with Gasteiger partial charge < -0.3 is 10.1 Å². The molecule has 1 aromatic rings. The lowest BCUT2D eigenvalue weighted by atomic mass is 9.65. The fourth-order valence-corrected chi connectivity index (χ4v) is 4.74. The van der Waals surface area contributed by atoms with Crippen LogP contribution < -0.4 is 20.9 Å². The minimum absolute atomic E-state index is 0.00628. The van der Waals surface area contributed by atoms with Crippen LogP contribution in [0.4, 0.5) is 0 Å². The van der Waals surface area contributed by atoms with Crippen molar-refractivity contribution < 1.29 is 9.53 Å². The quantitative estimate of drug-likeness (QED) is 0.771. The van der Waals surface area contributed by atoms with Gasteiger partial charge in [0, 0.05) is 35.6 Å². The van der Waals surface area contributed by atoms with E-state index in [0.717, 1.165) is 29.0 Å². The maximum atomic E-state index is 13.1. The molecular formula is C20H27N3O2. The fraction of sp³-hybridized carbons (Fsp3) is 0.550. The minimum atomic E-state index is 0.00628. The molecule has 0 spiro atoms. The van der Waals surface area contributed by atoms with Crippen molar-refractivity contribution in [3.63, 3.8) is 0 Å². The van der Waals surface area contributed by atoms with Crippen LogP contribution in [0.1, 0.15) is 45.1 Å². The van der Waals surface area contributed by atoms with Gasteiger partial charge in [-0.15, -0.1) is 0 Å². The molecule has 1 saturated heterocycles. The first-order valence-electron chi connectivity index (χ1n) is 9.07. The Kier molecular flexibility index (Phi) is 3.89. The molecule has 3 N–H and O–H groups in total. The van der Waals surface area contributed by atoms with Crippen molar-refractivity contribution in [1.82, 2.24) is 16.2 Å². The molecule has 2 aliphatic heterocycles. The molecule has 4 rings (SSSR count). The normalized spacial score (nSPS) is 33.5. The van der Waals surface area contributed by atoms with Crippen molar-refractivity contribution in [2.24, 2.45) is 11.3 Å². The Bertz CT molecular complexity index is 740. The molecule has 25 heavy (non-hydrogen) atoms. The molecule has 134 valence electrons. The van der Waals surface area contributed by atoms with E-state index in [1.54, 1.807) is 7.11 Å². The molecular weight excluding hydrogens is 314 g/mol. The molecule has 1 aromatic carbocycles.